The molecule has 0 aromatic heterocycles. The summed E-state index contributed by atoms with van der Waals surface area (Å²) in [6.07, 6.45) is 1.44. The van der Waals surface area contributed by atoms with E-state index in [1.807, 2.05) is 0 Å². The smallest absolute Gasteiger partial charge is 0.323 e. The standard InChI is InChI=1S/C12H20O6/c1-18-11(17)12(10(15)16,6-9(14)7-13)8-4-2-3-5-8/h8-9,13-14H,2-7H2,1H3,(H,15,16). The van der Waals surface area contributed by atoms with Crippen LogP contribution in [-0.4, -0.2) is 47.1 Å². The first kappa shape index (κ1) is 14.9. The average molecular weight is 260 g/mol. The van der Waals surface area contributed by atoms with Crippen molar-refractivity contribution < 1.29 is 29.6 Å². The number of methoxy groups -OCH3 is 1. The van der Waals surface area contributed by atoms with Crippen LogP contribution in [0.4, 0.5) is 0 Å². The second kappa shape index (κ2) is 6.15. The van der Waals surface area contributed by atoms with Gasteiger partial charge in [-0.25, -0.2) is 0 Å². The van der Waals surface area contributed by atoms with Gasteiger partial charge >= 0.3 is 11.9 Å². The fourth-order valence-electron chi connectivity index (χ4n) is 2.80. The van der Waals surface area contributed by atoms with E-state index in [2.05, 4.69) is 4.74 Å². The van der Waals surface area contributed by atoms with E-state index < -0.39 is 30.1 Å². The fraction of sp³-hybridized carbons (Fsp3) is 0.833. The maximum absolute atomic E-state index is 11.9. The molecule has 1 saturated carbocycles. The largest absolute Gasteiger partial charge is 0.480 e. The zero-order chi connectivity index (χ0) is 13.8. The maximum Gasteiger partial charge on any atom is 0.323 e. The number of aliphatic hydroxyl groups is 2. The molecule has 0 aromatic carbocycles. The van der Waals surface area contributed by atoms with Crippen molar-refractivity contribution in [2.24, 2.45) is 11.3 Å². The molecule has 2 atom stereocenters. The van der Waals surface area contributed by atoms with Gasteiger partial charge in [0.2, 0.25) is 0 Å². The molecule has 104 valence electrons. The lowest BCUT2D eigenvalue weighted by Gasteiger charge is -2.33. The summed E-state index contributed by atoms with van der Waals surface area (Å²) in [5.74, 6) is -2.47. The number of carboxylic acids is 1. The van der Waals surface area contributed by atoms with Crippen LogP contribution in [0.2, 0.25) is 0 Å². The number of aliphatic carboxylic acids is 1. The van der Waals surface area contributed by atoms with Crippen LogP contribution in [0, 0.1) is 11.3 Å². The van der Waals surface area contributed by atoms with Crippen LogP contribution in [0.25, 0.3) is 0 Å². The van der Waals surface area contributed by atoms with Crippen molar-refractivity contribution in [3.05, 3.63) is 0 Å². The van der Waals surface area contributed by atoms with E-state index in [4.69, 9.17) is 5.11 Å². The highest BCUT2D eigenvalue weighted by molar-refractivity contribution is 5.99. The molecule has 0 aliphatic heterocycles. The Labute approximate surface area is 106 Å². The molecule has 0 heterocycles. The lowest BCUT2D eigenvalue weighted by molar-refractivity contribution is -0.175. The number of carboxylic acid groups (broad SMARTS) is 1. The summed E-state index contributed by atoms with van der Waals surface area (Å²) in [7, 11) is 1.14. The third-order valence-corrected chi connectivity index (χ3v) is 3.75. The van der Waals surface area contributed by atoms with Gasteiger partial charge in [0.15, 0.2) is 5.41 Å². The van der Waals surface area contributed by atoms with Gasteiger partial charge in [-0.3, -0.25) is 9.59 Å². The molecule has 0 saturated heterocycles. The zero-order valence-electron chi connectivity index (χ0n) is 10.5. The van der Waals surface area contributed by atoms with Crippen molar-refractivity contribution >= 4 is 11.9 Å². The number of ether oxygens (including phenoxy) is 1. The number of esters is 1. The lowest BCUT2D eigenvalue weighted by atomic mass is 9.70. The van der Waals surface area contributed by atoms with Crippen LogP contribution in [0.1, 0.15) is 32.1 Å². The first-order valence-corrected chi connectivity index (χ1v) is 6.09. The Morgan fingerprint density at radius 3 is 2.33 bits per heavy atom. The van der Waals surface area contributed by atoms with Crippen molar-refractivity contribution in [1.82, 2.24) is 0 Å². The molecule has 0 spiro atoms. The second-order valence-electron chi connectivity index (χ2n) is 4.79. The summed E-state index contributed by atoms with van der Waals surface area (Å²) in [5.41, 5.74) is -1.74. The van der Waals surface area contributed by atoms with Crippen molar-refractivity contribution in [2.45, 2.75) is 38.2 Å². The number of aliphatic hydroxyl groups excluding tert-OH is 2. The number of hydrogen-bond donors (Lipinski definition) is 3. The molecule has 0 radical (unpaired) electrons. The Kier molecular flexibility index (Phi) is 5.10. The fourth-order valence-corrected chi connectivity index (χ4v) is 2.80. The first-order valence-electron chi connectivity index (χ1n) is 6.09. The highest BCUT2D eigenvalue weighted by Crippen LogP contribution is 2.44. The third-order valence-electron chi connectivity index (χ3n) is 3.75. The van der Waals surface area contributed by atoms with Crippen LogP contribution in [0.3, 0.4) is 0 Å². The van der Waals surface area contributed by atoms with Gasteiger partial charge in [-0.1, -0.05) is 12.8 Å². The molecule has 1 aliphatic carbocycles. The molecular formula is C12H20O6. The van der Waals surface area contributed by atoms with Crippen LogP contribution >= 0.6 is 0 Å². The SMILES string of the molecule is COC(=O)C(CC(O)CO)(C(=O)O)C1CCCC1. The van der Waals surface area contributed by atoms with E-state index in [1.54, 1.807) is 0 Å². The molecule has 1 aliphatic rings. The van der Waals surface area contributed by atoms with E-state index in [1.165, 1.54) is 0 Å². The normalized spacial score (nSPS) is 21.3. The molecule has 1 fully saturated rings. The molecule has 1 rings (SSSR count). The van der Waals surface area contributed by atoms with E-state index in [0.717, 1.165) is 20.0 Å². The number of hydrogen-bond acceptors (Lipinski definition) is 5. The minimum Gasteiger partial charge on any atom is -0.480 e. The Hall–Kier alpha value is -1.14. The molecule has 3 N–H and O–H groups in total. The summed E-state index contributed by atoms with van der Waals surface area (Å²) < 4.78 is 4.62. The third kappa shape index (κ3) is 2.64. The summed E-state index contributed by atoms with van der Waals surface area (Å²) in [6.45, 7) is -0.571. The minimum absolute atomic E-state index is 0.309. The lowest BCUT2D eigenvalue weighted by Crippen LogP contribution is -2.48. The van der Waals surface area contributed by atoms with Gasteiger partial charge in [0.25, 0.3) is 0 Å². The van der Waals surface area contributed by atoms with Crippen LogP contribution < -0.4 is 0 Å². The molecule has 0 amide bonds. The topological polar surface area (TPSA) is 104 Å². The van der Waals surface area contributed by atoms with E-state index >= 15 is 0 Å². The molecule has 6 heteroatoms. The monoisotopic (exact) mass is 260 g/mol. The molecule has 18 heavy (non-hydrogen) atoms. The Bertz CT molecular complexity index is 310. The first-order chi connectivity index (χ1) is 8.48. The summed E-state index contributed by atoms with van der Waals surface area (Å²) in [4.78, 5) is 23.5. The van der Waals surface area contributed by atoms with E-state index in [-0.39, 0.29) is 12.3 Å². The molecule has 0 aromatic rings. The van der Waals surface area contributed by atoms with Gasteiger partial charge < -0.3 is 20.1 Å². The van der Waals surface area contributed by atoms with Gasteiger partial charge in [-0.2, -0.15) is 0 Å². The zero-order valence-corrected chi connectivity index (χ0v) is 10.5. The predicted molar refractivity (Wildman–Crippen MR) is 61.8 cm³/mol. The summed E-state index contributed by atoms with van der Waals surface area (Å²) in [6, 6.07) is 0. The second-order valence-corrected chi connectivity index (χ2v) is 4.79. The Morgan fingerprint density at radius 2 is 1.94 bits per heavy atom. The van der Waals surface area contributed by atoms with Crippen molar-refractivity contribution in [3.63, 3.8) is 0 Å². The number of carbonyl (C=O) groups excluding carboxylic acids is 1. The van der Waals surface area contributed by atoms with Crippen LogP contribution in [-0.2, 0) is 14.3 Å². The van der Waals surface area contributed by atoms with Gasteiger partial charge in [-0.15, -0.1) is 0 Å². The number of carbonyl (C=O) groups is 2. The van der Waals surface area contributed by atoms with E-state index in [9.17, 15) is 19.8 Å². The van der Waals surface area contributed by atoms with Crippen molar-refractivity contribution in [1.29, 1.82) is 0 Å². The van der Waals surface area contributed by atoms with Crippen molar-refractivity contribution in [2.75, 3.05) is 13.7 Å². The van der Waals surface area contributed by atoms with E-state index in [0.29, 0.717) is 12.8 Å². The van der Waals surface area contributed by atoms with Crippen LogP contribution in [0.15, 0.2) is 0 Å². The Balaban J connectivity index is 3.08. The van der Waals surface area contributed by atoms with Crippen LogP contribution in [0.5, 0.6) is 0 Å². The van der Waals surface area contributed by atoms with Gasteiger partial charge in [0, 0.05) is 6.42 Å². The predicted octanol–water partition coefficient (Wildman–Crippen LogP) is 0.164. The summed E-state index contributed by atoms with van der Waals surface area (Å²) in [5, 5.41) is 27.8. The molecule has 0 bridgehead atoms. The molecular weight excluding hydrogens is 240 g/mol. The Morgan fingerprint density at radius 1 is 1.39 bits per heavy atom. The number of rotatable bonds is 6. The summed E-state index contributed by atoms with van der Waals surface area (Å²) >= 11 is 0. The quantitative estimate of drug-likeness (QED) is 0.464. The van der Waals surface area contributed by atoms with Gasteiger partial charge in [0.05, 0.1) is 19.8 Å². The van der Waals surface area contributed by atoms with Gasteiger partial charge in [0.1, 0.15) is 0 Å². The van der Waals surface area contributed by atoms with Crippen molar-refractivity contribution in [3.8, 4) is 0 Å². The molecule has 2 unspecified atom stereocenters. The average Bonchev–Trinajstić information content (AvgIpc) is 2.88. The highest BCUT2D eigenvalue weighted by atomic mass is 16.5. The molecule has 6 nitrogen and oxygen atoms in total. The highest BCUT2D eigenvalue weighted by Gasteiger charge is 2.54. The minimum atomic E-state index is -1.74. The maximum atomic E-state index is 11.9. The van der Waals surface area contributed by atoms with Gasteiger partial charge in [-0.05, 0) is 18.8 Å².